The molecule has 2 aromatic rings. The van der Waals surface area contributed by atoms with E-state index in [9.17, 15) is 14.9 Å². The summed E-state index contributed by atoms with van der Waals surface area (Å²) < 4.78 is 4.93. The molecule has 0 atom stereocenters. The van der Waals surface area contributed by atoms with E-state index < -0.39 is 16.5 Å². The lowest BCUT2D eigenvalue weighted by Crippen LogP contribution is -2.14. The molecule has 19 heavy (non-hydrogen) atoms. The van der Waals surface area contributed by atoms with Crippen LogP contribution in [0.2, 0.25) is 5.15 Å². The first-order valence-corrected chi connectivity index (χ1v) is 5.39. The lowest BCUT2D eigenvalue weighted by atomic mass is 10.2. The molecule has 0 aliphatic rings. The highest BCUT2D eigenvalue weighted by molar-refractivity contribution is 6.32. The van der Waals surface area contributed by atoms with Crippen molar-refractivity contribution in [2.45, 2.75) is 6.92 Å². The Hall–Kier alpha value is -2.48. The number of aromatic nitrogens is 2. The summed E-state index contributed by atoms with van der Waals surface area (Å²) in [6.45, 7) is 1.67. The minimum atomic E-state index is -0.773. The van der Waals surface area contributed by atoms with E-state index in [1.807, 2.05) is 0 Å². The topological polar surface area (TPSA) is 111 Å². The van der Waals surface area contributed by atoms with E-state index >= 15 is 0 Å². The molecule has 1 N–H and O–H groups in total. The molecule has 1 amide bonds. The molecule has 0 saturated heterocycles. The van der Waals surface area contributed by atoms with E-state index in [1.54, 1.807) is 6.92 Å². The van der Waals surface area contributed by atoms with Crippen molar-refractivity contribution >= 4 is 29.2 Å². The first-order chi connectivity index (χ1) is 8.99. The Morgan fingerprint density at radius 3 is 2.89 bits per heavy atom. The second-order valence-corrected chi connectivity index (χ2v) is 3.86. The fraction of sp³-hybridized carbons (Fsp3) is 0.100. The van der Waals surface area contributed by atoms with Crippen LogP contribution >= 0.6 is 11.6 Å². The van der Waals surface area contributed by atoms with Gasteiger partial charge in [-0.05, 0) is 13.0 Å². The number of hydrogen-bond donors (Lipinski definition) is 1. The van der Waals surface area contributed by atoms with Gasteiger partial charge in [-0.15, -0.1) is 0 Å². The van der Waals surface area contributed by atoms with E-state index in [1.165, 1.54) is 18.5 Å². The summed E-state index contributed by atoms with van der Waals surface area (Å²) >= 11 is 5.60. The number of rotatable bonds is 3. The lowest BCUT2D eigenvalue weighted by molar-refractivity contribution is -0.385. The molecule has 0 aliphatic heterocycles. The number of pyridine rings is 1. The van der Waals surface area contributed by atoms with E-state index in [0.717, 1.165) is 0 Å². The molecular formula is C10H7ClN4O4. The van der Waals surface area contributed by atoms with Gasteiger partial charge in [0.25, 0.3) is 5.91 Å². The molecule has 98 valence electrons. The molecule has 0 aliphatic carbocycles. The van der Waals surface area contributed by atoms with Gasteiger partial charge < -0.3 is 4.42 Å². The van der Waals surface area contributed by atoms with Crippen molar-refractivity contribution in [2.24, 2.45) is 0 Å². The molecule has 2 heterocycles. The molecule has 0 spiro atoms. The molecule has 8 nitrogen and oxygen atoms in total. The van der Waals surface area contributed by atoms with Gasteiger partial charge in [-0.25, -0.2) is 4.98 Å². The van der Waals surface area contributed by atoms with Crippen molar-refractivity contribution in [3.8, 4) is 0 Å². The molecule has 0 saturated carbocycles. The van der Waals surface area contributed by atoms with Gasteiger partial charge in [0.1, 0.15) is 11.8 Å². The first-order valence-electron chi connectivity index (χ1n) is 5.01. The number of carbonyl (C=O) groups is 1. The van der Waals surface area contributed by atoms with Gasteiger partial charge in [0, 0.05) is 6.20 Å². The maximum absolute atomic E-state index is 11.9. The molecule has 2 rings (SSSR count). The summed E-state index contributed by atoms with van der Waals surface area (Å²) in [5.74, 6) is -0.752. The summed E-state index contributed by atoms with van der Waals surface area (Å²) in [7, 11) is 0. The zero-order chi connectivity index (χ0) is 14.0. The molecular weight excluding hydrogens is 276 g/mol. The van der Waals surface area contributed by atoms with Crippen LogP contribution in [0, 0.1) is 17.0 Å². The second kappa shape index (κ2) is 5.02. The summed E-state index contributed by atoms with van der Waals surface area (Å²) in [6.07, 6.45) is 2.54. The van der Waals surface area contributed by atoms with E-state index in [0.29, 0.717) is 5.69 Å². The Kier molecular flexibility index (Phi) is 3.43. The SMILES string of the molecule is Cc1coc(NC(=O)c2ccnc(Cl)c2[N+](=O)[O-])n1. The fourth-order valence-electron chi connectivity index (χ4n) is 1.36. The van der Waals surface area contributed by atoms with Crippen LogP contribution in [0.4, 0.5) is 11.7 Å². The number of aryl methyl sites for hydroxylation is 1. The van der Waals surface area contributed by atoms with Crippen LogP contribution in [-0.2, 0) is 0 Å². The Labute approximate surface area is 111 Å². The highest BCUT2D eigenvalue weighted by Gasteiger charge is 2.25. The Bertz CT molecular complexity index is 655. The van der Waals surface area contributed by atoms with Crippen molar-refractivity contribution in [1.82, 2.24) is 9.97 Å². The Morgan fingerprint density at radius 2 is 2.32 bits per heavy atom. The molecule has 9 heteroatoms. The van der Waals surface area contributed by atoms with E-state index in [4.69, 9.17) is 16.0 Å². The minimum absolute atomic E-state index is 0.0512. The largest absolute Gasteiger partial charge is 0.432 e. The third-order valence-corrected chi connectivity index (χ3v) is 2.42. The minimum Gasteiger partial charge on any atom is -0.432 e. The number of hydrogen-bond acceptors (Lipinski definition) is 6. The molecule has 0 fully saturated rings. The molecule has 2 aromatic heterocycles. The van der Waals surface area contributed by atoms with Gasteiger partial charge in [-0.2, -0.15) is 4.98 Å². The monoisotopic (exact) mass is 282 g/mol. The summed E-state index contributed by atoms with van der Waals surface area (Å²) in [4.78, 5) is 29.4. The Balaban J connectivity index is 2.34. The number of carbonyl (C=O) groups excluding carboxylic acids is 1. The lowest BCUT2D eigenvalue weighted by Gasteiger charge is -2.02. The molecule has 0 radical (unpaired) electrons. The second-order valence-electron chi connectivity index (χ2n) is 3.50. The zero-order valence-electron chi connectivity index (χ0n) is 9.58. The van der Waals surface area contributed by atoms with Crippen LogP contribution in [0.15, 0.2) is 22.9 Å². The van der Waals surface area contributed by atoms with Gasteiger partial charge in [0.15, 0.2) is 0 Å². The number of oxazole rings is 1. The summed E-state index contributed by atoms with van der Waals surface area (Å²) in [6, 6.07) is 1.14. The van der Waals surface area contributed by atoms with Crippen LogP contribution in [-0.4, -0.2) is 20.8 Å². The number of halogens is 1. The predicted molar refractivity (Wildman–Crippen MR) is 65.1 cm³/mol. The maximum Gasteiger partial charge on any atom is 0.319 e. The maximum atomic E-state index is 11.9. The zero-order valence-corrected chi connectivity index (χ0v) is 10.3. The van der Waals surface area contributed by atoms with Gasteiger partial charge in [-0.3, -0.25) is 20.2 Å². The van der Waals surface area contributed by atoms with Crippen molar-refractivity contribution in [2.75, 3.05) is 5.32 Å². The predicted octanol–water partition coefficient (Wildman–Crippen LogP) is 2.19. The quantitative estimate of drug-likeness (QED) is 0.525. The van der Waals surface area contributed by atoms with Gasteiger partial charge >= 0.3 is 11.7 Å². The van der Waals surface area contributed by atoms with E-state index in [2.05, 4.69) is 15.3 Å². The Morgan fingerprint density at radius 1 is 1.58 bits per heavy atom. The highest BCUT2D eigenvalue weighted by Crippen LogP contribution is 2.26. The van der Waals surface area contributed by atoms with Crippen LogP contribution in [0.25, 0.3) is 0 Å². The third kappa shape index (κ3) is 2.68. The van der Waals surface area contributed by atoms with Crippen LogP contribution < -0.4 is 5.32 Å². The van der Waals surface area contributed by atoms with Gasteiger partial charge in [0.2, 0.25) is 5.15 Å². The molecule has 0 bridgehead atoms. The first kappa shape index (κ1) is 13.0. The number of nitrogens with one attached hydrogen (secondary N) is 1. The molecule has 0 aromatic carbocycles. The van der Waals surface area contributed by atoms with E-state index in [-0.39, 0.29) is 16.7 Å². The van der Waals surface area contributed by atoms with Crippen LogP contribution in [0.3, 0.4) is 0 Å². The van der Waals surface area contributed by atoms with Crippen molar-refractivity contribution < 1.29 is 14.1 Å². The smallest absolute Gasteiger partial charge is 0.319 e. The normalized spacial score (nSPS) is 10.2. The van der Waals surface area contributed by atoms with Crippen molar-refractivity contribution in [3.63, 3.8) is 0 Å². The number of nitro groups is 1. The average Bonchev–Trinajstić information content (AvgIpc) is 2.73. The molecule has 0 unspecified atom stereocenters. The number of anilines is 1. The standard InChI is InChI=1S/C10H7ClN4O4/c1-5-4-19-10(13-5)14-9(16)6-2-3-12-8(11)7(6)15(17)18/h2-4H,1H3,(H,13,14,16). The highest BCUT2D eigenvalue weighted by atomic mass is 35.5. The number of nitrogens with zero attached hydrogens (tertiary/aromatic N) is 3. The van der Waals surface area contributed by atoms with Crippen molar-refractivity contribution in [3.05, 3.63) is 45.1 Å². The summed E-state index contributed by atoms with van der Waals surface area (Å²) in [5.41, 5.74) is -0.219. The van der Waals surface area contributed by atoms with Gasteiger partial charge in [0.05, 0.1) is 10.6 Å². The average molecular weight is 283 g/mol. The van der Waals surface area contributed by atoms with Gasteiger partial charge in [-0.1, -0.05) is 11.6 Å². The summed E-state index contributed by atoms with van der Waals surface area (Å²) in [5, 5.41) is 12.8. The van der Waals surface area contributed by atoms with Crippen LogP contribution in [0.1, 0.15) is 16.1 Å². The third-order valence-electron chi connectivity index (χ3n) is 2.15. The van der Waals surface area contributed by atoms with Crippen molar-refractivity contribution in [1.29, 1.82) is 0 Å². The van der Waals surface area contributed by atoms with Crippen LogP contribution in [0.5, 0.6) is 0 Å². The number of amides is 1. The fourth-order valence-corrected chi connectivity index (χ4v) is 1.59.